The van der Waals surface area contributed by atoms with E-state index >= 15 is 0 Å². The summed E-state index contributed by atoms with van der Waals surface area (Å²) in [6.07, 6.45) is 0.382. The van der Waals surface area contributed by atoms with Crippen molar-refractivity contribution in [1.82, 2.24) is 0 Å². The van der Waals surface area contributed by atoms with Crippen LogP contribution in [0.5, 0.6) is 0 Å². The SMILES string of the molecule is CCOC(=O)C1(Nc2ccccc2Br)CCOC1C. The maximum absolute atomic E-state index is 12.3. The fraction of sp³-hybridized carbons (Fsp3) is 0.500. The molecule has 1 N–H and O–H groups in total. The van der Waals surface area contributed by atoms with E-state index in [-0.39, 0.29) is 12.1 Å². The molecule has 2 unspecified atom stereocenters. The van der Waals surface area contributed by atoms with Crippen LogP contribution in [-0.2, 0) is 14.3 Å². The zero-order valence-electron chi connectivity index (χ0n) is 11.1. The lowest BCUT2D eigenvalue weighted by Gasteiger charge is -2.32. The number of halogens is 1. The number of rotatable bonds is 4. The summed E-state index contributed by atoms with van der Waals surface area (Å²) in [6, 6.07) is 7.71. The second kappa shape index (κ2) is 5.92. The van der Waals surface area contributed by atoms with Crippen LogP contribution in [0.15, 0.2) is 28.7 Å². The third-order valence-corrected chi connectivity index (χ3v) is 4.12. The van der Waals surface area contributed by atoms with Gasteiger partial charge in [0.2, 0.25) is 0 Å². The minimum Gasteiger partial charge on any atom is -0.464 e. The van der Waals surface area contributed by atoms with Gasteiger partial charge in [0.15, 0.2) is 5.54 Å². The molecule has 1 aliphatic rings. The van der Waals surface area contributed by atoms with Crippen molar-refractivity contribution in [2.45, 2.75) is 31.9 Å². The van der Waals surface area contributed by atoms with Gasteiger partial charge >= 0.3 is 5.97 Å². The number of esters is 1. The molecule has 1 heterocycles. The first-order valence-corrected chi connectivity index (χ1v) is 7.21. The normalized spacial score (nSPS) is 26.2. The maximum atomic E-state index is 12.3. The Balaban J connectivity index is 2.29. The van der Waals surface area contributed by atoms with Crippen LogP contribution < -0.4 is 5.32 Å². The van der Waals surface area contributed by atoms with Crippen molar-refractivity contribution in [3.63, 3.8) is 0 Å². The van der Waals surface area contributed by atoms with E-state index in [1.165, 1.54) is 0 Å². The maximum Gasteiger partial charge on any atom is 0.334 e. The monoisotopic (exact) mass is 327 g/mol. The Labute approximate surface area is 121 Å². The van der Waals surface area contributed by atoms with Crippen LogP contribution in [0, 0.1) is 0 Å². The second-order valence-corrected chi connectivity index (χ2v) is 5.41. The molecule has 0 bridgehead atoms. The average molecular weight is 328 g/mol. The molecule has 2 rings (SSSR count). The Morgan fingerprint density at radius 1 is 1.58 bits per heavy atom. The van der Waals surface area contributed by atoms with Gasteiger partial charge < -0.3 is 14.8 Å². The highest BCUT2D eigenvalue weighted by Crippen LogP contribution is 2.34. The summed E-state index contributed by atoms with van der Waals surface area (Å²) in [7, 11) is 0. The molecule has 1 aromatic carbocycles. The van der Waals surface area contributed by atoms with Crippen LogP contribution in [0.1, 0.15) is 20.3 Å². The van der Waals surface area contributed by atoms with Crippen LogP contribution in [-0.4, -0.2) is 30.8 Å². The Kier molecular flexibility index (Phi) is 4.47. The summed E-state index contributed by atoms with van der Waals surface area (Å²) >= 11 is 3.48. The number of anilines is 1. The van der Waals surface area contributed by atoms with Gasteiger partial charge in [0, 0.05) is 23.2 Å². The van der Waals surface area contributed by atoms with E-state index in [1.807, 2.05) is 38.1 Å². The average Bonchev–Trinajstić information content (AvgIpc) is 2.75. The van der Waals surface area contributed by atoms with Gasteiger partial charge in [-0.25, -0.2) is 4.79 Å². The quantitative estimate of drug-likeness (QED) is 0.864. The van der Waals surface area contributed by atoms with E-state index < -0.39 is 5.54 Å². The molecule has 1 aliphatic heterocycles. The van der Waals surface area contributed by atoms with E-state index in [0.29, 0.717) is 19.6 Å². The first kappa shape index (κ1) is 14.3. The molecule has 0 spiro atoms. The summed E-state index contributed by atoms with van der Waals surface area (Å²) in [5.41, 5.74) is 0.0628. The number of hydrogen-bond donors (Lipinski definition) is 1. The van der Waals surface area contributed by atoms with Gasteiger partial charge in [-0.3, -0.25) is 0 Å². The lowest BCUT2D eigenvalue weighted by molar-refractivity contribution is -0.150. The molecule has 1 aromatic rings. The zero-order valence-corrected chi connectivity index (χ0v) is 12.7. The van der Waals surface area contributed by atoms with Gasteiger partial charge in [-0.2, -0.15) is 0 Å². The Morgan fingerprint density at radius 2 is 2.32 bits per heavy atom. The smallest absolute Gasteiger partial charge is 0.334 e. The highest BCUT2D eigenvalue weighted by molar-refractivity contribution is 9.10. The third kappa shape index (κ3) is 2.77. The molecule has 19 heavy (non-hydrogen) atoms. The van der Waals surface area contributed by atoms with Gasteiger partial charge in [0.05, 0.1) is 12.7 Å². The molecule has 0 radical (unpaired) electrons. The van der Waals surface area contributed by atoms with Gasteiger partial charge in [0.1, 0.15) is 0 Å². The molecule has 5 heteroatoms. The molecule has 1 saturated heterocycles. The van der Waals surface area contributed by atoms with Crippen LogP contribution in [0.25, 0.3) is 0 Å². The number of benzene rings is 1. The number of hydrogen-bond acceptors (Lipinski definition) is 4. The van der Waals surface area contributed by atoms with Crippen molar-refractivity contribution in [2.75, 3.05) is 18.5 Å². The minimum absolute atomic E-state index is 0.223. The lowest BCUT2D eigenvalue weighted by Crippen LogP contribution is -2.52. The molecular weight excluding hydrogens is 310 g/mol. The largest absolute Gasteiger partial charge is 0.464 e. The van der Waals surface area contributed by atoms with Crippen LogP contribution >= 0.6 is 15.9 Å². The zero-order chi connectivity index (χ0) is 13.9. The number of nitrogens with one attached hydrogen (secondary N) is 1. The van der Waals surface area contributed by atoms with Gasteiger partial charge in [-0.05, 0) is 41.9 Å². The molecule has 4 nitrogen and oxygen atoms in total. The van der Waals surface area contributed by atoms with E-state index in [0.717, 1.165) is 10.2 Å². The Morgan fingerprint density at radius 3 is 2.89 bits per heavy atom. The first-order valence-electron chi connectivity index (χ1n) is 6.41. The molecule has 0 amide bonds. The number of carbonyl (C=O) groups is 1. The predicted molar refractivity (Wildman–Crippen MR) is 77.2 cm³/mol. The van der Waals surface area contributed by atoms with Crippen LogP contribution in [0.3, 0.4) is 0 Å². The highest BCUT2D eigenvalue weighted by Gasteiger charge is 2.49. The van der Waals surface area contributed by atoms with Crippen molar-refractivity contribution >= 4 is 27.6 Å². The van der Waals surface area contributed by atoms with Crippen LogP contribution in [0.2, 0.25) is 0 Å². The van der Waals surface area contributed by atoms with Crippen LogP contribution in [0.4, 0.5) is 5.69 Å². The highest BCUT2D eigenvalue weighted by atomic mass is 79.9. The molecule has 2 atom stereocenters. The van der Waals surface area contributed by atoms with Crippen molar-refractivity contribution in [2.24, 2.45) is 0 Å². The van der Waals surface area contributed by atoms with Crippen molar-refractivity contribution in [3.05, 3.63) is 28.7 Å². The Bertz CT molecular complexity index is 466. The van der Waals surface area contributed by atoms with Gasteiger partial charge in [0.25, 0.3) is 0 Å². The van der Waals surface area contributed by atoms with E-state index in [2.05, 4.69) is 21.2 Å². The summed E-state index contributed by atoms with van der Waals surface area (Å²) in [5, 5.41) is 3.31. The first-order chi connectivity index (χ1) is 9.10. The summed E-state index contributed by atoms with van der Waals surface area (Å²) in [4.78, 5) is 12.3. The lowest BCUT2D eigenvalue weighted by atomic mass is 9.91. The van der Waals surface area contributed by atoms with Crippen molar-refractivity contribution in [3.8, 4) is 0 Å². The molecule has 0 aliphatic carbocycles. The summed E-state index contributed by atoms with van der Waals surface area (Å²) < 4.78 is 11.7. The van der Waals surface area contributed by atoms with Crippen molar-refractivity contribution < 1.29 is 14.3 Å². The molecule has 104 valence electrons. The third-order valence-electron chi connectivity index (χ3n) is 3.43. The summed E-state index contributed by atoms with van der Waals surface area (Å²) in [6.45, 7) is 4.63. The summed E-state index contributed by atoms with van der Waals surface area (Å²) in [5.74, 6) is -0.254. The van der Waals surface area contributed by atoms with E-state index in [1.54, 1.807) is 0 Å². The van der Waals surface area contributed by atoms with E-state index in [4.69, 9.17) is 9.47 Å². The van der Waals surface area contributed by atoms with Crippen molar-refractivity contribution in [1.29, 1.82) is 0 Å². The molecule has 0 saturated carbocycles. The number of carbonyl (C=O) groups excluding carboxylic acids is 1. The minimum atomic E-state index is -0.806. The predicted octanol–water partition coefficient (Wildman–Crippen LogP) is 2.97. The fourth-order valence-electron chi connectivity index (χ4n) is 2.29. The molecule has 0 aromatic heterocycles. The standard InChI is InChI=1S/C14H18BrNO3/c1-3-18-13(17)14(8-9-19-10(14)2)16-12-7-5-4-6-11(12)15/h4-7,10,16H,3,8-9H2,1-2H3. The Hall–Kier alpha value is -1.07. The second-order valence-electron chi connectivity index (χ2n) is 4.56. The number of para-hydroxylation sites is 1. The molecular formula is C14H18BrNO3. The number of ether oxygens (including phenoxy) is 2. The molecule has 1 fully saturated rings. The van der Waals surface area contributed by atoms with Gasteiger partial charge in [-0.1, -0.05) is 12.1 Å². The van der Waals surface area contributed by atoms with Gasteiger partial charge in [-0.15, -0.1) is 0 Å². The van der Waals surface area contributed by atoms with E-state index in [9.17, 15) is 4.79 Å². The fourth-order valence-corrected chi connectivity index (χ4v) is 2.67. The topological polar surface area (TPSA) is 47.6 Å².